The number of nitrogens with one attached hydrogen (secondary N) is 1. The first-order valence-electron chi connectivity index (χ1n) is 8.99. The highest BCUT2D eigenvalue weighted by molar-refractivity contribution is 7.83. The van der Waals surface area contributed by atoms with E-state index in [1.165, 1.54) is 0 Å². The van der Waals surface area contributed by atoms with Crippen molar-refractivity contribution in [3.05, 3.63) is 70.9 Å². The van der Waals surface area contributed by atoms with Crippen molar-refractivity contribution < 1.29 is 13.7 Å². The van der Waals surface area contributed by atoms with E-state index in [9.17, 15) is 9.00 Å². The van der Waals surface area contributed by atoms with Crippen LogP contribution in [0, 0.1) is 6.92 Å². The van der Waals surface area contributed by atoms with Crippen LogP contribution in [0.25, 0.3) is 5.69 Å². The minimum atomic E-state index is -0.971. The van der Waals surface area contributed by atoms with Crippen LogP contribution in [0.5, 0.6) is 5.75 Å². The zero-order chi connectivity index (χ0) is 19.7. The molecule has 0 fully saturated rings. The predicted molar refractivity (Wildman–Crippen MR) is 109 cm³/mol. The van der Waals surface area contributed by atoms with Gasteiger partial charge in [-0.15, -0.1) is 0 Å². The molecule has 1 aliphatic heterocycles. The summed E-state index contributed by atoms with van der Waals surface area (Å²) in [6, 6.07) is 15.3. The van der Waals surface area contributed by atoms with Crippen LogP contribution in [0.3, 0.4) is 0 Å². The Kier molecular flexibility index (Phi) is 5.00. The molecule has 7 heteroatoms. The first-order chi connectivity index (χ1) is 13.5. The second-order valence-electron chi connectivity index (χ2n) is 6.83. The Morgan fingerprint density at radius 3 is 2.71 bits per heavy atom. The average molecular weight is 395 g/mol. The molecule has 144 valence electrons. The molecular weight excluding hydrogens is 374 g/mol. The van der Waals surface area contributed by atoms with Crippen LogP contribution in [0.2, 0.25) is 0 Å². The molecule has 0 radical (unpaired) electrons. The third-order valence-corrected chi connectivity index (χ3v) is 5.90. The van der Waals surface area contributed by atoms with Gasteiger partial charge in [0.25, 0.3) is 0 Å². The van der Waals surface area contributed by atoms with E-state index in [1.54, 1.807) is 11.8 Å². The Labute approximate surface area is 166 Å². The number of hydrogen-bond donors (Lipinski definition) is 1. The highest BCUT2D eigenvalue weighted by atomic mass is 32.2. The molecule has 1 N–H and O–H groups in total. The second kappa shape index (κ2) is 7.59. The summed E-state index contributed by atoms with van der Waals surface area (Å²) in [5.74, 6) is 2.05. The molecule has 2 aromatic carbocycles. The van der Waals surface area contributed by atoms with Gasteiger partial charge in [0, 0.05) is 16.4 Å². The Hall–Kier alpha value is -2.93. The fourth-order valence-electron chi connectivity index (χ4n) is 3.35. The number of aromatic nitrogens is 2. The lowest BCUT2D eigenvalue weighted by Gasteiger charge is -2.12. The summed E-state index contributed by atoms with van der Waals surface area (Å²) in [5.41, 5.74) is 4.51. The second-order valence-corrected chi connectivity index (χ2v) is 8.28. The molecular formula is C21H21N3O3S. The Balaban J connectivity index is 1.64. The Morgan fingerprint density at radius 1 is 1.21 bits per heavy atom. The maximum absolute atomic E-state index is 12.7. The molecule has 28 heavy (non-hydrogen) atoms. The maximum Gasteiger partial charge on any atom is 0.229 e. The smallest absolute Gasteiger partial charge is 0.229 e. The fourth-order valence-corrected chi connectivity index (χ4v) is 4.61. The number of carbonyl (C=O) groups excluding carboxylic acids is 1. The van der Waals surface area contributed by atoms with Gasteiger partial charge < -0.3 is 10.1 Å². The summed E-state index contributed by atoms with van der Waals surface area (Å²) in [6.45, 7) is 2.00. The number of anilines is 1. The predicted octanol–water partition coefficient (Wildman–Crippen LogP) is 3.13. The molecule has 6 nitrogen and oxygen atoms in total. The van der Waals surface area contributed by atoms with E-state index in [0.717, 1.165) is 33.8 Å². The zero-order valence-electron chi connectivity index (χ0n) is 15.8. The van der Waals surface area contributed by atoms with Crippen LogP contribution in [0.1, 0.15) is 22.4 Å². The molecule has 0 saturated heterocycles. The molecule has 1 atom stereocenters. The first kappa shape index (κ1) is 18.4. The van der Waals surface area contributed by atoms with Crippen LogP contribution >= 0.6 is 0 Å². The highest BCUT2D eigenvalue weighted by Gasteiger charge is 2.28. The quantitative estimate of drug-likeness (QED) is 0.720. The number of hydrogen-bond acceptors (Lipinski definition) is 4. The number of rotatable bonds is 5. The van der Waals surface area contributed by atoms with Gasteiger partial charge in [0.1, 0.15) is 11.6 Å². The van der Waals surface area contributed by atoms with Crippen molar-refractivity contribution >= 4 is 22.5 Å². The van der Waals surface area contributed by atoms with Gasteiger partial charge in [0.2, 0.25) is 5.91 Å². The number of fused-ring (bicyclic) bond motifs is 1. The monoisotopic (exact) mass is 395 g/mol. The molecule has 1 aliphatic rings. The van der Waals surface area contributed by atoms with E-state index < -0.39 is 10.8 Å². The molecule has 1 aromatic heterocycles. The molecule has 4 rings (SSSR count). The Bertz CT molecular complexity index is 1060. The summed E-state index contributed by atoms with van der Waals surface area (Å²) in [7, 11) is 0.644. The van der Waals surface area contributed by atoms with Crippen molar-refractivity contribution in [2.24, 2.45) is 0 Å². The summed E-state index contributed by atoms with van der Waals surface area (Å²) >= 11 is 0. The van der Waals surface area contributed by atoms with Gasteiger partial charge in [-0.1, -0.05) is 29.8 Å². The number of nitrogens with zero attached hydrogens (tertiary/aromatic N) is 2. The molecule has 0 bridgehead atoms. The van der Waals surface area contributed by atoms with Crippen molar-refractivity contribution in [2.75, 3.05) is 12.4 Å². The molecule has 0 aliphatic carbocycles. The summed E-state index contributed by atoms with van der Waals surface area (Å²) in [5, 5.41) is 7.61. The summed E-state index contributed by atoms with van der Waals surface area (Å²) in [4.78, 5) is 12.7. The van der Waals surface area contributed by atoms with Gasteiger partial charge in [0.15, 0.2) is 0 Å². The van der Waals surface area contributed by atoms with Crippen molar-refractivity contribution in [1.82, 2.24) is 9.78 Å². The number of methoxy groups -OCH3 is 1. The largest absolute Gasteiger partial charge is 0.497 e. The van der Waals surface area contributed by atoms with Crippen LogP contribution in [0.4, 0.5) is 5.82 Å². The van der Waals surface area contributed by atoms with E-state index in [1.807, 2.05) is 55.5 Å². The lowest BCUT2D eigenvalue weighted by atomic mass is 10.1. The molecule has 0 unspecified atom stereocenters. The molecule has 1 amide bonds. The van der Waals surface area contributed by atoms with Crippen LogP contribution < -0.4 is 10.1 Å². The van der Waals surface area contributed by atoms with Gasteiger partial charge in [-0.3, -0.25) is 9.00 Å². The number of carbonyl (C=O) groups is 1. The minimum absolute atomic E-state index is 0.124. The van der Waals surface area contributed by atoms with Crippen molar-refractivity contribution in [1.29, 1.82) is 0 Å². The number of benzene rings is 2. The van der Waals surface area contributed by atoms with Crippen LogP contribution in [-0.2, 0) is 33.5 Å². The van der Waals surface area contributed by atoms with Gasteiger partial charge in [0.05, 0.1) is 36.4 Å². The van der Waals surface area contributed by atoms with Crippen molar-refractivity contribution in [3.63, 3.8) is 0 Å². The summed E-state index contributed by atoms with van der Waals surface area (Å²) in [6.07, 6.45) is 0.271. The fraction of sp³-hybridized carbons (Fsp3) is 0.238. The highest BCUT2D eigenvalue weighted by Crippen LogP contribution is 2.31. The normalized spacial score (nSPS) is 15.3. The van der Waals surface area contributed by atoms with Crippen LogP contribution in [-0.4, -0.2) is 27.0 Å². The van der Waals surface area contributed by atoms with Crippen molar-refractivity contribution in [3.8, 4) is 11.4 Å². The summed E-state index contributed by atoms with van der Waals surface area (Å²) < 4.78 is 18.9. The third kappa shape index (κ3) is 3.71. The number of amides is 1. The lowest BCUT2D eigenvalue weighted by molar-refractivity contribution is -0.115. The molecule has 0 saturated carbocycles. The van der Waals surface area contributed by atoms with Crippen molar-refractivity contribution in [2.45, 2.75) is 24.9 Å². The molecule has 2 heterocycles. The SMILES string of the molecule is COc1ccc(-n2nc3c(c2NC(=O)Cc2cccc(C)c2)C[S@](=O)C3)cc1. The zero-order valence-corrected chi connectivity index (χ0v) is 16.6. The molecule has 3 aromatic rings. The van der Waals surface area contributed by atoms with E-state index >= 15 is 0 Å². The van der Waals surface area contributed by atoms with Gasteiger partial charge in [-0.2, -0.15) is 5.10 Å². The number of aryl methyl sites for hydroxylation is 1. The third-order valence-electron chi connectivity index (χ3n) is 4.69. The lowest BCUT2D eigenvalue weighted by Crippen LogP contribution is -2.18. The minimum Gasteiger partial charge on any atom is -0.497 e. The van der Waals surface area contributed by atoms with E-state index in [0.29, 0.717) is 17.3 Å². The average Bonchev–Trinajstić information content (AvgIpc) is 3.19. The first-order valence-corrected chi connectivity index (χ1v) is 10.5. The Morgan fingerprint density at radius 2 is 2.00 bits per heavy atom. The van der Waals surface area contributed by atoms with E-state index in [2.05, 4.69) is 10.4 Å². The van der Waals surface area contributed by atoms with Gasteiger partial charge >= 0.3 is 0 Å². The van der Waals surface area contributed by atoms with Gasteiger partial charge in [-0.25, -0.2) is 4.68 Å². The van der Waals surface area contributed by atoms with E-state index in [4.69, 9.17) is 4.74 Å². The maximum atomic E-state index is 12.7. The van der Waals surface area contributed by atoms with Crippen LogP contribution in [0.15, 0.2) is 48.5 Å². The molecule has 0 spiro atoms. The number of ether oxygens (including phenoxy) is 1. The standard InChI is InChI=1S/C21H21N3O3S/c1-14-4-3-5-15(10-14)11-20(25)22-21-18-12-28(26)13-19(18)23-24(21)16-6-8-17(27-2)9-7-16/h3-10H,11-13H2,1-2H3,(H,22,25)/t28-/m0/s1. The van der Waals surface area contributed by atoms with Gasteiger partial charge in [-0.05, 0) is 36.8 Å². The van der Waals surface area contributed by atoms with E-state index in [-0.39, 0.29) is 12.3 Å². The topological polar surface area (TPSA) is 73.2 Å².